The highest BCUT2D eigenvalue weighted by Gasteiger charge is 2.24. The molecule has 0 aromatic heterocycles. The highest BCUT2D eigenvalue weighted by molar-refractivity contribution is 8.00. The molecule has 1 aromatic carbocycles. The molecule has 1 aromatic rings. The average Bonchev–Trinajstić information content (AvgIpc) is 2.42. The van der Waals surface area contributed by atoms with Gasteiger partial charge in [-0.2, -0.15) is 0 Å². The smallest absolute Gasteiger partial charge is 0.246 e. The van der Waals surface area contributed by atoms with Crippen LogP contribution in [0.1, 0.15) is 40.5 Å². The number of rotatable bonds is 7. The van der Waals surface area contributed by atoms with Gasteiger partial charge in [0.05, 0.1) is 11.0 Å². The Balaban J connectivity index is 2.64. The number of carbonyl (C=O) groups excluding carboxylic acids is 1. The van der Waals surface area contributed by atoms with E-state index in [9.17, 15) is 13.2 Å². The van der Waals surface area contributed by atoms with Crippen LogP contribution in [0.2, 0.25) is 0 Å². The van der Waals surface area contributed by atoms with Crippen molar-refractivity contribution in [3.63, 3.8) is 0 Å². The van der Waals surface area contributed by atoms with Gasteiger partial charge in [-0.3, -0.25) is 9.52 Å². The van der Waals surface area contributed by atoms with E-state index in [0.717, 1.165) is 4.90 Å². The van der Waals surface area contributed by atoms with Gasteiger partial charge in [0.15, 0.2) is 0 Å². The van der Waals surface area contributed by atoms with E-state index in [0.29, 0.717) is 12.8 Å². The fraction of sp³-hybridized carbons (Fsp3) is 0.562. The molecule has 0 saturated carbocycles. The largest absolute Gasteiger partial charge is 0.273 e. The normalized spacial score (nSPS) is 13.6. The molecule has 0 aliphatic heterocycles. The Morgan fingerprint density at radius 3 is 2.32 bits per heavy atom. The summed E-state index contributed by atoms with van der Waals surface area (Å²) in [6, 6.07) is 9.52. The second-order valence-corrected chi connectivity index (χ2v) is 9.54. The number of hydrogen-bond acceptors (Lipinski definition) is 4. The lowest BCUT2D eigenvalue weighted by atomic mass is 9.94. The Morgan fingerprint density at radius 1 is 1.23 bits per heavy atom. The maximum absolute atomic E-state index is 12.2. The van der Waals surface area contributed by atoms with Crippen molar-refractivity contribution in [2.75, 3.05) is 5.75 Å². The van der Waals surface area contributed by atoms with Crippen LogP contribution in [0.5, 0.6) is 0 Å². The fourth-order valence-corrected chi connectivity index (χ4v) is 4.18. The summed E-state index contributed by atoms with van der Waals surface area (Å²) >= 11 is 1.38. The zero-order valence-corrected chi connectivity index (χ0v) is 15.3. The van der Waals surface area contributed by atoms with Crippen molar-refractivity contribution in [3.05, 3.63) is 30.3 Å². The van der Waals surface area contributed by atoms with Crippen molar-refractivity contribution in [1.82, 2.24) is 4.72 Å². The summed E-state index contributed by atoms with van der Waals surface area (Å²) < 4.78 is 26.3. The minimum Gasteiger partial charge on any atom is -0.273 e. The molecule has 22 heavy (non-hydrogen) atoms. The molecule has 1 N–H and O–H groups in total. The molecule has 0 heterocycles. The van der Waals surface area contributed by atoms with Crippen molar-refractivity contribution in [2.24, 2.45) is 5.41 Å². The van der Waals surface area contributed by atoms with Gasteiger partial charge in [0.1, 0.15) is 0 Å². The van der Waals surface area contributed by atoms with Crippen LogP contribution in [0.15, 0.2) is 35.2 Å². The summed E-state index contributed by atoms with van der Waals surface area (Å²) in [4.78, 5) is 13.2. The first-order valence-corrected chi connectivity index (χ1v) is 9.92. The highest BCUT2D eigenvalue weighted by Crippen LogP contribution is 2.25. The quantitative estimate of drug-likeness (QED) is 0.770. The maximum atomic E-state index is 12.2. The SMILES string of the molecule is CCC(Sc1ccccc1)C(=O)NS(=O)(=O)CCC(C)(C)C. The van der Waals surface area contributed by atoms with E-state index < -0.39 is 21.2 Å². The first-order valence-electron chi connectivity index (χ1n) is 7.39. The third-order valence-corrected chi connectivity index (χ3v) is 5.69. The van der Waals surface area contributed by atoms with Gasteiger partial charge in [0.2, 0.25) is 15.9 Å². The van der Waals surface area contributed by atoms with Crippen molar-refractivity contribution in [2.45, 2.75) is 50.7 Å². The fourth-order valence-electron chi connectivity index (χ4n) is 1.70. The number of carbonyl (C=O) groups is 1. The molecule has 0 saturated heterocycles. The predicted molar refractivity (Wildman–Crippen MR) is 92.4 cm³/mol. The molecule has 4 nitrogen and oxygen atoms in total. The van der Waals surface area contributed by atoms with Gasteiger partial charge < -0.3 is 0 Å². The Morgan fingerprint density at radius 2 is 1.82 bits per heavy atom. The molecular formula is C16H25NO3S2. The van der Waals surface area contributed by atoms with E-state index in [1.165, 1.54) is 11.8 Å². The predicted octanol–water partition coefficient (Wildman–Crippen LogP) is 3.44. The van der Waals surface area contributed by atoms with Gasteiger partial charge in [0.25, 0.3) is 0 Å². The van der Waals surface area contributed by atoms with Crippen LogP contribution in [-0.2, 0) is 14.8 Å². The molecule has 124 valence electrons. The summed E-state index contributed by atoms with van der Waals surface area (Å²) in [5.41, 5.74) is -0.0826. The van der Waals surface area contributed by atoms with Crippen LogP contribution in [-0.4, -0.2) is 25.3 Å². The summed E-state index contributed by atoms with van der Waals surface area (Å²) in [5, 5.41) is -0.410. The molecule has 1 rings (SSSR count). The van der Waals surface area contributed by atoms with Gasteiger partial charge in [-0.15, -0.1) is 11.8 Å². The Hall–Kier alpha value is -1.01. The molecule has 0 aliphatic carbocycles. The average molecular weight is 344 g/mol. The van der Waals surface area contributed by atoms with Gasteiger partial charge >= 0.3 is 0 Å². The molecular weight excluding hydrogens is 318 g/mol. The lowest BCUT2D eigenvalue weighted by molar-refractivity contribution is -0.118. The van der Waals surface area contributed by atoms with Crippen LogP contribution < -0.4 is 4.72 Å². The maximum Gasteiger partial charge on any atom is 0.246 e. The van der Waals surface area contributed by atoms with E-state index in [1.54, 1.807) is 0 Å². The number of amides is 1. The Bertz CT molecular complexity index is 577. The molecule has 1 atom stereocenters. The lowest BCUT2D eigenvalue weighted by Crippen LogP contribution is -2.39. The number of hydrogen-bond donors (Lipinski definition) is 1. The molecule has 0 bridgehead atoms. The topological polar surface area (TPSA) is 63.2 Å². The molecule has 0 radical (unpaired) electrons. The first-order chi connectivity index (χ1) is 10.1. The molecule has 0 fully saturated rings. The van der Waals surface area contributed by atoms with Gasteiger partial charge in [-0.05, 0) is 30.4 Å². The van der Waals surface area contributed by atoms with Crippen molar-refractivity contribution in [1.29, 1.82) is 0 Å². The zero-order chi connectivity index (χ0) is 16.8. The molecule has 6 heteroatoms. The summed E-state index contributed by atoms with van der Waals surface area (Å²) in [5.74, 6) is -0.473. The third-order valence-electron chi connectivity index (χ3n) is 3.06. The number of thioether (sulfide) groups is 1. The van der Waals surface area contributed by atoms with E-state index in [1.807, 2.05) is 58.0 Å². The lowest BCUT2D eigenvalue weighted by Gasteiger charge is -2.19. The van der Waals surface area contributed by atoms with Crippen LogP contribution in [0.4, 0.5) is 0 Å². The molecule has 0 aliphatic rings. The number of sulfonamides is 1. The summed E-state index contributed by atoms with van der Waals surface area (Å²) in [6.07, 6.45) is 1.08. The van der Waals surface area contributed by atoms with Crippen molar-refractivity contribution in [3.8, 4) is 0 Å². The minimum atomic E-state index is -3.57. The van der Waals surface area contributed by atoms with Crippen LogP contribution in [0.3, 0.4) is 0 Å². The number of nitrogens with one attached hydrogen (secondary N) is 1. The second-order valence-electron chi connectivity index (χ2n) is 6.42. The summed E-state index contributed by atoms with van der Waals surface area (Å²) in [7, 11) is -3.57. The van der Waals surface area contributed by atoms with Crippen LogP contribution >= 0.6 is 11.8 Å². The van der Waals surface area contributed by atoms with Crippen LogP contribution in [0.25, 0.3) is 0 Å². The van der Waals surface area contributed by atoms with E-state index in [2.05, 4.69) is 4.72 Å². The Kier molecular flexibility index (Phi) is 6.94. The molecule has 1 amide bonds. The van der Waals surface area contributed by atoms with Gasteiger partial charge in [-0.25, -0.2) is 8.42 Å². The van der Waals surface area contributed by atoms with Crippen molar-refractivity contribution >= 4 is 27.7 Å². The zero-order valence-electron chi connectivity index (χ0n) is 13.6. The van der Waals surface area contributed by atoms with Crippen LogP contribution in [0, 0.1) is 5.41 Å². The van der Waals surface area contributed by atoms with E-state index in [4.69, 9.17) is 0 Å². The first kappa shape index (κ1) is 19.0. The Labute approximate surface area is 138 Å². The monoisotopic (exact) mass is 343 g/mol. The van der Waals surface area contributed by atoms with Gasteiger partial charge in [0, 0.05) is 4.90 Å². The standard InChI is InChI=1S/C16H25NO3S2/c1-5-14(21-13-9-7-6-8-10-13)15(18)17-22(19,20)12-11-16(2,3)4/h6-10,14H,5,11-12H2,1-4H3,(H,17,18). The van der Waals surface area contributed by atoms with E-state index >= 15 is 0 Å². The second kappa shape index (κ2) is 8.02. The highest BCUT2D eigenvalue weighted by atomic mass is 32.2. The minimum absolute atomic E-state index is 0.0331. The molecule has 1 unspecified atom stereocenters. The van der Waals surface area contributed by atoms with E-state index in [-0.39, 0.29) is 11.2 Å². The molecule has 0 spiro atoms. The van der Waals surface area contributed by atoms with Crippen molar-refractivity contribution < 1.29 is 13.2 Å². The van der Waals surface area contributed by atoms with Gasteiger partial charge in [-0.1, -0.05) is 45.9 Å². The third kappa shape index (κ3) is 7.31. The summed E-state index contributed by atoms with van der Waals surface area (Å²) in [6.45, 7) is 7.81. The number of benzene rings is 1.